The van der Waals surface area contributed by atoms with E-state index in [1.165, 1.54) is 38.5 Å². The van der Waals surface area contributed by atoms with Gasteiger partial charge in [0.25, 0.3) is 0 Å². The Bertz CT molecular complexity index is 145. The highest BCUT2D eigenvalue weighted by Gasteiger charge is 2.17. The van der Waals surface area contributed by atoms with E-state index < -0.39 is 0 Å². The van der Waals surface area contributed by atoms with Gasteiger partial charge in [0.1, 0.15) is 5.78 Å². The van der Waals surface area contributed by atoms with E-state index in [2.05, 4.69) is 6.92 Å². The molecule has 76 valence electrons. The van der Waals surface area contributed by atoms with E-state index in [0.29, 0.717) is 5.78 Å². The van der Waals surface area contributed by atoms with Crippen molar-refractivity contribution < 1.29 is 4.79 Å². The van der Waals surface area contributed by atoms with Crippen molar-refractivity contribution in [3.05, 3.63) is 0 Å². The first kappa shape index (κ1) is 10.7. The van der Waals surface area contributed by atoms with Gasteiger partial charge in [-0.3, -0.25) is 4.79 Å². The van der Waals surface area contributed by atoms with Crippen molar-refractivity contribution in [3.8, 4) is 0 Å². The molecule has 0 spiro atoms. The first-order chi connectivity index (χ1) is 6.33. The van der Waals surface area contributed by atoms with Crippen molar-refractivity contribution >= 4 is 5.78 Å². The summed E-state index contributed by atoms with van der Waals surface area (Å²) in [6, 6.07) is 0. The van der Waals surface area contributed by atoms with Gasteiger partial charge in [0, 0.05) is 12.8 Å². The molecule has 0 atom stereocenters. The molecule has 1 rings (SSSR count). The monoisotopic (exact) mass is 182 g/mol. The maximum Gasteiger partial charge on any atom is 0.133 e. The first-order valence-electron chi connectivity index (χ1n) is 5.84. The third-order valence-electron chi connectivity index (χ3n) is 3.05. The summed E-state index contributed by atoms with van der Waals surface area (Å²) in [5.41, 5.74) is 0. The molecule has 0 heterocycles. The second-order valence-electron chi connectivity index (χ2n) is 4.35. The van der Waals surface area contributed by atoms with Crippen LogP contribution in [0, 0.1) is 5.92 Å². The van der Waals surface area contributed by atoms with E-state index >= 15 is 0 Å². The molecule has 0 amide bonds. The molecule has 0 saturated heterocycles. The minimum Gasteiger partial charge on any atom is -0.300 e. The zero-order valence-corrected chi connectivity index (χ0v) is 8.85. The standard InChI is InChI=1S/C12H22O/c1-2-3-4-9-12(13)10-11-7-5-6-8-11/h11H,2-10H2,1H3. The van der Waals surface area contributed by atoms with Crippen LogP contribution in [0.15, 0.2) is 0 Å². The summed E-state index contributed by atoms with van der Waals surface area (Å²) in [5.74, 6) is 1.26. The number of hydrogen-bond donors (Lipinski definition) is 0. The summed E-state index contributed by atoms with van der Waals surface area (Å²) < 4.78 is 0. The van der Waals surface area contributed by atoms with Gasteiger partial charge in [-0.25, -0.2) is 0 Å². The molecule has 0 bridgehead atoms. The van der Waals surface area contributed by atoms with Crippen molar-refractivity contribution in [3.63, 3.8) is 0 Å². The van der Waals surface area contributed by atoms with E-state index in [0.717, 1.165) is 25.2 Å². The molecule has 1 nitrogen and oxygen atoms in total. The molecule has 0 aliphatic heterocycles. The van der Waals surface area contributed by atoms with E-state index in [9.17, 15) is 4.79 Å². The molecular formula is C12H22O. The Morgan fingerprint density at radius 1 is 1.23 bits per heavy atom. The van der Waals surface area contributed by atoms with E-state index in [-0.39, 0.29) is 0 Å². The van der Waals surface area contributed by atoms with Crippen molar-refractivity contribution in [2.45, 2.75) is 64.7 Å². The highest BCUT2D eigenvalue weighted by molar-refractivity contribution is 5.78. The minimum atomic E-state index is 0.514. The van der Waals surface area contributed by atoms with Crippen molar-refractivity contribution in [2.75, 3.05) is 0 Å². The average Bonchev–Trinajstić information content (AvgIpc) is 2.57. The van der Waals surface area contributed by atoms with Gasteiger partial charge in [-0.2, -0.15) is 0 Å². The van der Waals surface area contributed by atoms with E-state index in [4.69, 9.17) is 0 Å². The fraction of sp³-hybridized carbons (Fsp3) is 0.917. The second kappa shape index (κ2) is 6.17. The van der Waals surface area contributed by atoms with Crippen LogP contribution in [0.5, 0.6) is 0 Å². The van der Waals surface area contributed by atoms with E-state index in [1.54, 1.807) is 0 Å². The summed E-state index contributed by atoms with van der Waals surface area (Å²) in [6.45, 7) is 2.18. The third-order valence-corrected chi connectivity index (χ3v) is 3.05. The van der Waals surface area contributed by atoms with Crippen molar-refractivity contribution in [1.29, 1.82) is 0 Å². The van der Waals surface area contributed by atoms with Gasteiger partial charge in [-0.15, -0.1) is 0 Å². The average molecular weight is 182 g/mol. The van der Waals surface area contributed by atoms with Gasteiger partial charge in [0.2, 0.25) is 0 Å². The molecule has 0 aromatic rings. The number of rotatable bonds is 6. The highest BCUT2D eigenvalue weighted by Crippen LogP contribution is 2.28. The fourth-order valence-electron chi connectivity index (χ4n) is 2.21. The zero-order chi connectivity index (χ0) is 9.52. The van der Waals surface area contributed by atoms with Crippen LogP contribution in [0.4, 0.5) is 0 Å². The largest absolute Gasteiger partial charge is 0.300 e. The lowest BCUT2D eigenvalue weighted by atomic mass is 9.98. The van der Waals surface area contributed by atoms with Crippen LogP contribution in [-0.2, 0) is 4.79 Å². The molecule has 0 unspecified atom stereocenters. The summed E-state index contributed by atoms with van der Waals surface area (Å²) in [4.78, 5) is 11.5. The number of carbonyl (C=O) groups is 1. The van der Waals surface area contributed by atoms with Gasteiger partial charge < -0.3 is 0 Å². The third kappa shape index (κ3) is 4.44. The van der Waals surface area contributed by atoms with Gasteiger partial charge in [0.05, 0.1) is 0 Å². The topological polar surface area (TPSA) is 17.1 Å². The van der Waals surface area contributed by atoms with Gasteiger partial charge in [-0.05, 0) is 12.3 Å². The number of hydrogen-bond acceptors (Lipinski definition) is 1. The first-order valence-corrected chi connectivity index (χ1v) is 5.84. The molecule has 1 saturated carbocycles. The van der Waals surface area contributed by atoms with Crippen molar-refractivity contribution in [2.24, 2.45) is 5.92 Å². The Kier molecular flexibility index (Phi) is 5.10. The van der Waals surface area contributed by atoms with Crippen LogP contribution in [-0.4, -0.2) is 5.78 Å². The Balaban J connectivity index is 2.02. The predicted molar refractivity (Wildman–Crippen MR) is 55.7 cm³/mol. The molecule has 0 aromatic carbocycles. The zero-order valence-electron chi connectivity index (χ0n) is 8.85. The summed E-state index contributed by atoms with van der Waals surface area (Å²) in [5, 5.41) is 0. The van der Waals surface area contributed by atoms with E-state index in [1.807, 2.05) is 0 Å². The Morgan fingerprint density at radius 3 is 2.54 bits per heavy atom. The number of Topliss-reactive ketones (excluding diaryl/α,β-unsaturated/α-hetero) is 1. The SMILES string of the molecule is CCCCCC(=O)CC1CCCC1. The Hall–Kier alpha value is -0.330. The number of ketones is 1. The molecule has 1 fully saturated rings. The Labute approximate surface area is 81.9 Å². The highest BCUT2D eigenvalue weighted by atomic mass is 16.1. The van der Waals surface area contributed by atoms with Crippen molar-refractivity contribution in [1.82, 2.24) is 0 Å². The molecule has 0 N–H and O–H groups in total. The minimum absolute atomic E-state index is 0.514. The van der Waals surface area contributed by atoms with Crippen LogP contribution in [0.25, 0.3) is 0 Å². The number of unbranched alkanes of at least 4 members (excludes halogenated alkanes) is 2. The molecule has 1 heteroatoms. The van der Waals surface area contributed by atoms with Crippen LogP contribution < -0.4 is 0 Å². The lowest BCUT2D eigenvalue weighted by Crippen LogP contribution is -2.04. The van der Waals surface area contributed by atoms with Gasteiger partial charge in [-0.1, -0.05) is 45.4 Å². The summed E-state index contributed by atoms with van der Waals surface area (Å²) in [6.07, 6.45) is 10.6. The molecule has 13 heavy (non-hydrogen) atoms. The van der Waals surface area contributed by atoms with Crippen LogP contribution >= 0.6 is 0 Å². The lowest BCUT2D eigenvalue weighted by Gasteiger charge is -2.06. The Morgan fingerprint density at radius 2 is 1.92 bits per heavy atom. The number of carbonyl (C=O) groups excluding carboxylic acids is 1. The smallest absolute Gasteiger partial charge is 0.133 e. The summed E-state index contributed by atoms with van der Waals surface area (Å²) >= 11 is 0. The molecule has 0 radical (unpaired) electrons. The fourth-order valence-corrected chi connectivity index (χ4v) is 2.21. The molecule has 0 aromatic heterocycles. The lowest BCUT2D eigenvalue weighted by molar-refractivity contribution is -0.120. The maximum absolute atomic E-state index is 11.5. The maximum atomic E-state index is 11.5. The normalized spacial score (nSPS) is 17.9. The van der Waals surface area contributed by atoms with Crippen LogP contribution in [0.1, 0.15) is 64.7 Å². The second-order valence-corrected chi connectivity index (χ2v) is 4.35. The summed E-state index contributed by atoms with van der Waals surface area (Å²) in [7, 11) is 0. The van der Waals surface area contributed by atoms with Gasteiger partial charge >= 0.3 is 0 Å². The molecular weight excluding hydrogens is 160 g/mol. The van der Waals surface area contributed by atoms with Crippen LogP contribution in [0.3, 0.4) is 0 Å². The van der Waals surface area contributed by atoms with Crippen LogP contribution in [0.2, 0.25) is 0 Å². The quantitative estimate of drug-likeness (QED) is 0.572. The predicted octanol–water partition coefficient (Wildman–Crippen LogP) is 3.72. The molecule has 1 aliphatic rings. The van der Waals surface area contributed by atoms with Gasteiger partial charge in [0.15, 0.2) is 0 Å². The molecule has 1 aliphatic carbocycles.